The number of anilines is 1. The Kier molecular flexibility index (Phi) is 4.51. The lowest BCUT2D eigenvalue weighted by atomic mass is 10.0. The minimum Gasteiger partial charge on any atom is -0.348 e. The summed E-state index contributed by atoms with van der Waals surface area (Å²) >= 11 is 0. The van der Waals surface area contributed by atoms with Crippen LogP contribution in [0.25, 0.3) is 0 Å². The zero-order valence-corrected chi connectivity index (χ0v) is 14.3. The Labute approximate surface area is 148 Å². The summed E-state index contributed by atoms with van der Waals surface area (Å²) < 4.78 is 0. The minimum atomic E-state index is -0.00809. The fourth-order valence-electron chi connectivity index (χ4n) is 3.74. The molecule has 0 bridgehead atoms. The topological polar surface area (TPSA) is 44.7 Å². The van der Waals surface area contributed by atoms with Gasteiger partial charge in [0.25, 0.3) is 5.91 Å². The standard InChI is InChI=1S/C21H23N3O/c25-21(22-17-11-7-8-12-17)19-15-20(16-9-3-1-4-10-16)24(23-19)18-13-5-2-6-14-18/h1-6,9-10,13-14,17,20H,7-8,11-12,15H2,(H,22,25). The molecular formula is C21H23N3O. The largest absolute Gasteiger partial charge is 0.348 e. The summed E-state index contributed by atoms with van der Waals surface area (Å²) in [7, 11) is 0. The summed E-state index contributed by atoms with van der Waals surface area (Å²) in [4.78, 5) is 12.7. The van der Waals surface area contributed by atoms with Crippen LogP contribution in [0, 0.1) is 0 Å². The third-order valence-electron chi connectivity index (χ3n) is 5.07. The molecular weight excluding hydrogens is 310 g/mol. The average Bonchev–Trinajstić information content (AvgIpc) is 3.33. The lowest BCUT2D eigenvalue weighted by Crippen LogP contribution is -2.37. The second-order valence-corrected chi connectivity index (χ2v) is 6.81. The van der Waals surface area contributed by atoms with Gasteiger partial charge in [0.05, 0.1) is 11.7 Å². The molecule has 1 fully saturated rings. The molecule has 128 valence electrons. The van der Waals surface area contributed by atoms with Gasteiger partial charge in [0.15, 0.2) is 0 Å². The molecule has 2 aliphatic rings. The molecule has 2 aromatic carbocycles. The average molecular weight is 333 g/mol. The van der Waals surface area contributed by atoms with Crippen LogP contribution in [0.2, 0.25) is 0 Å². The highest BCUT2D eigenvalue weighted by atomic mass is 16.2. The SMILES string of the molecule is O=C(NC1CCCC1)C1=NN(c2ccccc2)C(c2ccccc2)C1. The van der Waals surface area contributed by atoms with Gasteiger partial charge >= 0.3 is 0 Å². The Morgan fingerprint density at radius 2 is 1.60 bits per heavy atom. The molecule has 1 unspecified atom stereocenters. The zero-order valence-electron chi connectivity index (χ0n) is 14.3. The predicted octanol–water partition coefficient (Wildman–Crippen LogP) is 4.05. The van der Waals surface area contributed by atoms with Gasteiger partial charge in [-0.05, 0) is 30.5 Å². The van der Waals surface area contributed by atoms with Crippen molar-refractivity contribution in [3.8, 4) is 0 Å². The first kappa shape index (κ1) is 15.9. The van der Waals surface area contributed by atoms with E-state index in [-0.39, 0.29) is 11.9 Å². The molecule has 2 aromatic rings. The van der Waals surface area contributed by atoms with Gasteiger partial charge in [-0.2, -0.15) is 5.10 Å². The van der Waals surface area contributed by atoms with Crippen molar-refractivity contribution in [3.63, 3.8) is 0 Å². The van der Waals surface area contributed by atoms with Crippen LogP contribution < -0.4 is 10.3 Å². The number of hydrogen-bond donors (Lipinski definition) is 1. The van der Waals surface area contributed by atoms with E-state index in [1.54, 1.807) is 0 Å². The first-order chi connectivity index (χ1) is 12.3. The molecule has 1 saturated carbocycles. The summed E-state index contributed by atoms with van der Waals surface area (Å²) in [6.45, 7) is 0. The highest BCUT2D eigenvalue weighted by Gasteiger charge is 2.33. The van der Waals surface area contributed by atoms with E-state index < -0.39 is 0 Å². The van der Waals surface area contributed by atoms with Crippen LogP contribution in [0.15, 0.2) is 65.8 Å². The molecule has 4 rings (SSSR count). The van der Waals surface area contributed by atoms with E-state index in [0.717, 1.165) is 18.5 Å². The molecule has 1 heterocycles. The third kappa shape index (κ3) is 3.43. The summed E-state index contributed by atoms with van der Waals surface area (Å²) in [5.74, 6) is -0.00809. The van der Waals surface area contributed by atoms with E-state index in [1.165, 1.54) is 18.4 Å². The number of benzene rings is 2. The number of hydrazone groups is 1. The maximum Gasteiger partial charge on any atom is 0.267 e. The highest BCUT2D eigenvalue weighted by Crippen LogP contribution is 2.35. The van der Waals surface area contributed by atoms with E-state index in [1.807, 2.05) is 53.5 Å². The fraction of sp³-hybridized carbons (Fsp3) is 0.333. The lowest BCUT2D eigenvalue weighted by molar-refractivity contribution is -0.115. The second-order valence-electron chi connectivity index (χ2n) is 6.81. The van der Waals surface area contributed by atoms with Gasteiger partial charge in [0, 0.05) is 12.5 Å². The number of nitrogens with one attached hydrogen (secondary N) is 1. The molecule has 1 aliphatic heterocycles. The van der Waals surface area contributed by atoms with Crippen LogP contribution >= 0.6 is 0 Å². The number of amides is 1. The van der Waals surface area contributed by atoms with Crippen molar-refractivity contribution in [3.05, 3.63) is 66.2 Å². The molecule has 0 radical (unpaired) electrons. The number of nitrogens with zero attached hydrogens (tertiary/aromatic N) is 2. The summed E-state index contributed by atoms with van der Waals surface area (Å²) in [5.41, 5.74) is 2.82. The number of para-hydroxylation sites is 1. The van der Waals surface area contributed by atoms with Crippen LogP contribution in [-0.2, 0) is 4.79 Å². The molecule has 1 atom stereocenters. The Hall–Kier alpha value is -2.62. The smallest absolute Gasteiger partial charge is 0.267 e. The number of rotatable bonds is 4. The zero-order chi connectivity index (χ0) is 17.1. The summed E-state index contributed by atoms with van der Waals surface area (Å²) in [6, 6.07) is 20.8. The van der Waals surface area contributed by atoms with Crippen LogP contribution in [0.5, 0.6) is 0 Å². The fourth-order valence-corrected chi connectivity index (χ4v) is 3.74. The Bertz CT molecular complexity index is 751. The second kappa shape index (κ2) is 7.09. The van der Waals surface area contributed by atoms with E-state index in [9.17, 15) is 4.79 Å². The van der Waals surface area contributed by atoms with Crippen LogP contribution in [0.4, 0.5) is 5.69 Å². The van der Waals surface area contributed by atoms with Crippen molar-refractivity contribution in [1.82, 2.24) is 5.32 Å². The summed E-state index contributed by atoms with van der Waals surface area (Å²) in [6.07, 6.45) is 5.23. The van der Waals surface area contributed by atoms with Crippen molar-refractivity contribution in [1.29, 1.82) is 0 Å². The number of hydrogen-bond acceptors (Lipinski definition) is 3. The maximum atomic E-state index is 12.7. The van der Waals surface area contributed by atoms with Gasteiger partial charge in [-0.15, -0.1) is 0 Å². The molecule has 1 aliphatic carbocycles. The maximum absolute atomic E-state index is 12.7. The van der Waals surface area contributed by atoms with Crippen molar-refractivity contribution in [2.45, 2.75) is 44.2 Å². The van der Waals surface area contributed by atoms with Gasteiger partial charge < -0.3 is 5.32 Å². The number of carbonyl (C=O) groups excluding carboxylic acids is 1. The quantitative estimate of drug-likeness (QED) is 0.917. The van der Waals surface area contributed by atoms with Crippen LogP contribution in [0.3, 0.4) is 0 Å². The van der Waals surface area contributed by atoms with E-state index >= 15 is 0 Å². The predicted molar refractivity (Wildman–Crippen MR) is 101 cm³/mol. The Morgan fingerprint density at radius 1 is 0.960 bits per heavy atom. The normalized spacial score (nSPS) is 20.6. The van der Waals surface area contributed by atoms with Gasteiger partial charge in [-0.3, -0.25) is 9.80 Å². The molecule has 1 amide bonds. The van der Waals surface area contributed by atoms with Gasteiger partial charge in [0.1, 0.15) is 5.71 Å². The summed E-state index contributed by atoms with van der Waals surface area (Å²) in [5, 5.41) is 9.85. The van der Waals surface area contributed by atoms with Crippen LogP contribution in [0.1, 0.15) is 43.7 Å². The Morgan fingerprint density at radius 3 is 2.28 bits per heavy atom. The van der Waals surface area contributed by atoms with Gasteiger partial charge in [0.2, 0.25) is 0 Å². The molecule has 0 saturated heterocycles. The van der Waals surface area contributed by atoms with E-state index in [4.69, 9.17) is 5.10 Å². The molecule has 0 spiro atoms. The molecule has 0 aromatic heterocycles. The highest BCUT2D eigenvalue weighted by molar-refractivity contribution is 6.39. The van der Waals surface area contributed by atoms with Gasteiger partial charge in [-0.1, -0.05) is 61.4 Å². The molecule has 25 heavy (non-hydrogen) atoms. The van der Waals surface area contributed by atoms with Crippen molar-refractivity contribution in [2.24, 2.45) is 5.10 Å². The molecule has 1 N–H and O–H groups in total. The van der Waals surface area contributed by atoms with Crippen molar-refractivity contribution < 1.29 is 4.79 Å². The lowest BCUT2D eigenvalue weighted by Gasteiger charge is -2.23. The minimum absolute atomic E-state index is 0.00809. The first-order valence-electron chi connectivity index (χ1n) is 9.09. The monoisotopic (exact) mass is 333 g/mol. The van der Waals surface area contributed by atoms with Gasteiger partial charge in [-0.25, -0.2) is 0 Å². The third-order valence-corrected chi connectivity index (χ3v) is 5.07. The van der Waals surface area contributed by atoms with Crippen molar-refractivity contribution >= 4 is 17.3 Å². The number of carbonyl (C=O) groups is 1. The van der Waals surface area contributed by atoms with E-state index in [2.05, 4.69) is 17.4 Å². The molecule has 4 nitrogen and oxygen atoms in total. The van der Waals surface area contributed by atoms with E-state index in [0.29, 0.717) is 18.2 Å². The molecule has 4 heteroatoms. The Balaban J connectivity index is 1.59. The van der Waals surface area contributed by atoms with Crippen LogP contribution in [-0.4, -0.2) is 17.7 Å². The first-order valence-corrected chi connectivity index (χ1v) is 9.09. The van der Waals surface area contributed by atoms with Crippen molar-refractivity contribution in [2.75, 3.05) is 5.01 Å².